The normalized spacial score (nSPS) is 14.1. The quantitative estimate of drug-likeness (QED) is 0.583. The maximum absolute atomic E-state index is 13.0. The minimum Gasteiger partial charge on any atom is -0.494 e. The van der Waals surface area contributed by atoms with E-state index in [0.717, 1.165) is 0 Å². The summed E-state index contributed by atoms with van der Waals surface area (Å²) < 4.78 is 10.7. The van der Waals surface area contributed by atoms with E-state index >= 15 is 0 Å². The van der Waals surface area contributed by atoms with Gasteiger partial charge in [-0.1, -0.05) is 6.07 Å². The number of fused-ring (bicyclic) bond motifs is 1. The summed E-state index contributed by atoms with van der Waals surface area (Å²) in [5.74, 6) is -1.01. The lowest BCUT2D eigenvalue weighted by molar-refractivity contribution is -0.155. The van der Waals surface area contributed by atoms with Gasteiger partial charge in [0.25, 0.3) is 5.91 Å². The first kappa shape index (κ1) is 24.2. The largest absolute Gasteiger partial charge is 0.494 e. The molecule has 1 aromatic carbocycles. The molecule has 1 aromatic heterocycles. The Morgan fingerprint density at radius 1 is 1.27 bits per heavy atom. The van der Waals surface area contributed by atoms with E-state index in [1.165, 1.54) is 12.0 Å². The van der Waals surface area contributed by atoms with Crippen molar-refractivity contribution in [1.29, 1.82) is 0 Å². The second kappa shape index (κ2) is 9.58. The zero-order valence-electron chi connectivity index (χ0n) is 19.3. The number of carbonyl (C=O) groups excluding carboxylic acids is 3. The summed E-state index contributed by atoms with van der Waals surface area (Å²) in [7, 11) is 1.50. The van der Waals surface area contributed by atoms with Crippen LogP contribution in [0.25, 0.3) is 11.3 Å². The first-order valence-electron chi connectivity index (χ1n) is 10.6. The van der Waals surface area contributed by atoms with Gasteiger partial charge in [-0.25, -0.2) is 0 Å². The third-order valence-corrected chi connectivity index (χ3v) is 5.32. The smallest absolute Gasteiger partial charge is 0.306 e. The molecule has 1 aliphatic heterocycles. The SMILES string of the molecule is COc1c(CO)ccnc1-c1ccc2c(c1)CN(C(CCC(=O)OC(C)(C)C)C(N)=O)C2=O. The number of aliphatic hydroxyl groups excluding tert-OH is 1. The van der Waals surface area contributed by atoms with Crippen LogP contribution < -0.4 is 10.5 Å². The lowest BCUT2D eigenvalue weighted by atomic mass is 10.0. The molecule has 0 saturated carbocycles. The number of primary amides is 1. The number of amides is 2. The number of methoxy groups -OCH3 is 1. The second-order valence-electron chi connectivity index (χ2n) is 8.86. The van der Waals surface area contributed by atoms with Crippen LogP contribution in [0.2, 0.25) is 0 Å². The fourth-order valence-electron chi connectivity index (χ4n) is 3.89. The third-order valence-electron chi connectivity index (χ3n) is 5.32. The number of hydrogen-bond acceptors (Lipinski definition) is 7. The Bertz CT molecular complexity index is 1080. The zero-order valence-corrected chi connectivity index (χ0v) is 19.3. The van der Waals surface area contributed by atoms with E-state index in [9.17, 15) is 19.5 Å². The number of nitrogens with zero attached hydrogens (tertiary/aromatic N) is 2. The Kier molecular flexibility index (Phi) is 7.02. The van der Waals surface area contributed by atoms with Crippen LogP contribution in [-0.2, 0) is 27.5 Å². The standard InChI is InChI=1S/C24H29N3O6/c1-24(2,3)33-19(29)8-7-18(22(25)30)27-12-16-11-14(5-6-17(16)23(27)31)20-21(32-4)15(13-28)9-10-26-20/h5-6,9-11,18,28H,7-8,12-13H2,1-4H3,(H2,25,30). The van der Waals surface area contributed by atoms with Crippen LogP contribution in [0.1, 0.15) is 55.1 Å². The monoisotopic (exact) mass is 455 g/mol. The molecule has 2 amide bonds. The lowest BCUT2D eigenvalue weighted by Crippen LogP contribution is -2.45. The molecule has 9 nitrogen and oxygen atoms in total. The maximum Gasteiger partial charge on any atom is 0.306 e. The molecule has 0 aliphatic carbocycles. The maximum atomic E-state index is 13.0. The highest BCUT2D eigenvalue weighted by molar-refractivity contribution is 6.01. The fourth-order valence-corrected chi connectivity index (χ4v) is 3.89. The Balaban J connectivity index is 1.84. The molecule has 0 radical (unpaired) electrons. The molecule has 3 rings (SSSR count). The van der Waals surface area contributed by atoms with Crippen LogP contribution in [0, 0.1) is 0 Å². The number of benzene rings is 1. The molecule has 1 aliphatic rings. The van der Waals surface area contributed by atoms with Gasteiger partial charge in [-0.05, 0) is 51.0 Å². The lowest BCUT2D eigenvalue weighted by Gasteiger charge is -2.25. The molecule has 33 heavy (non-hydrogen) atoms. The average Bonchev–Trinajstić information content (AvgIpc) is 3.07. The fraction of sp³-hybridized carbons (Fsp3) is 0.417. The van der Waals surface area contributed by atoms with Gasteiger partial charge in [-0.2, -0.15) is 0 Å². The molecule has 176 valence electrons. The summed E-state index contributed by atoms with van der Waals surface area (Å²) in [6.07, 6.45) is 1.62. The van der Waals surface area contributed by atoms with Crippen molar-refractivity contribution in [3.05, 3.63) is 47.2 Å². The van der Waals surface area contributed by atoms with Gasteiger partial charge in [0.05, 0.1) is 13.7 Å². The predicted molar refractivity (Wildman–Crippen MR) is 120 cm³/mol. The molecule has 1 unspecified atom stereocenters. The highest BCUT2D eigenvalue weighted by atomic mass is 16.6. The van der Waals surface area contributed by atoms with Gasteiger partial charge >= 0.3 is 5.97 Å². The average molecular weight is 456 g/mol. The zero-order chi connectivity index (χ0) is 24.3. The van der Waals surface area contributed by atoms with Gasteiger partial charge in [0.1, 0.15) is 17.3 Å². The van der Waals surface area contributed by atoms with Crippen molar-refractivity contribution in [2.24, 2.45) is 5.73 Å². The highest BCUT2D eigenvalue weighted by Crippen LogP contribution is 2.35. The van der Waals surface area contributed by atoms with Crippen molar-refractivity contribution in [2.45, 2.75) is 58.4 Å². The number of hydrogen-bond donors (Lipinski definition) is 2. The number of carbonyl (C=O) groups is 3. The van der Waals surface area contributed by atoms with E-state index in [2.05, 4.69) is 4.98 Å². The molecule has 9 heteroatoms. The summed E-state index contributed by atoms with van der Waals surface area (Å²) in [6, 6.07) is 5.96. The van der Waals surface area contributed by atoms with Gasteiger partial charge < -0.3 is 25.2 Å². The Hall–Kier alpha value is -3.46. The predicted octanol–water partition coefficient (Wildman–Crippen LogP) is 2.18. The summed E-state index contributed by atoms with van der Waals surface area (Å²) in [6.45, 7) is 5.25. The Morgan fingerprint density at radius 2 is 2.00 bits per heavy atom. The molecule has 2 aromatic rings. The molecule has 0 fully saturated rings. The molecule has 0 spiro atoms. The van der Waals surface area contributed by atoms with Crippen LogP contribution in [-0.4, -0.2) is 51.5 Å². The van der Waals surface area contributed by atoms with Gasteiger partial charge in [0, 0.05) is 35.9 Å². The number of esters is 1. The third kappa shape index (κ3) is 5.31. The van der Waals surface area contributed by atoms with E-state index in [1.54, 1.807) is 45.2 Å². The van der Waals surface area contributed by atoms with Crippen LogP contribution in [0.4, 0.5) is 0 Å². The van der Waals surface area contributed by atoms with Crippen LogP contribution in [0.15, 0.2) is 30.5 Å². The van der Waals surface area contributed by atoms with Crippen molar-refractivity contribution in [3.8, 4) is 17.0 Å². The molecular weight excluding hydrogens is 426 g/mol. The molecule has 3 N–H and O–H groups in total. The van der Waals surface area contributed by atoms with Gasteiger partial charge in [0.2, 0.25) is 5.91 Å². The minimum atomic E-state index is -0.939. The molecule has 2 heterocycles. The summed E-state index contributed by atoms with van der Waals surface area (Å²) in [5.41, 5.74) is 7.95. The Morgan fingerprint density at radius 3 is 2.61 bits per heavy atom. The van der Waals surface area contributed by atoms with Crippen LogP contribution in [0.5, 0.6) is 5.75 Å². The summed E-state index contributed by atoms with van der Waals surface area (Å²) in [4.78, 5) is 43.0. The number of rotatable bonds is 8. The van der Waals surface area contributed by atoms with Gasteiger partial charge in [-0.15, -0.1) is 0 Å². The van der Waals surface area contributed by atoms with Crippen LogP contribution >= 0.6 is 0 Å². The van der Waals surface area contributed by atoms with Crippen LogP contribution in [0.3, 0.4) is 0 Å². The van der Waals surface area contributed by atoms with Crippen molar-refractivity contribution >= 4 is 17.8 Å². The van der Waals surface area contributed by atoms with Crippen molar-refractivity contribution in [3.63, 3.8) is 0 Å². The topological polar surface area (TPSA) is 132 Å². The van der Waals surface area contributed by atoms with E-state index in [1.807, 2.05) is 6.07 Å². The van der Waals surface area contributed by atoms with Gasteiger partial charge in [-0.3, -0.25) is 19.4 Å². The number of ether oxygens (including phenoxy) is 2. The van der Waals surface area contributed by atoms with E-state index < -0.39 is 23.5 Å². The number of aliphatic hydroxyl groups is 1. The van der Waals surface area contributed by atoms with E-state index in [4.69, 9.17) is 15.2 Å². The minimum absolute atomic E-state index is 0.0364. The molecule has 0 saturated heterocycles. The molecular formula is C24H29N3O6. The second-order valence-corrected chi connectivity index (χ2v) is 8.86. The van der Waals surface area contributed by atoms with Crippen molar-refractivity contribution in [2.75, 3.05) is 7.11 Å². The van der Waals surface area contributed by atoms with Gasteiger partial charge in [0.15, 0.2) is 5.75 Å². The Labute approximate surface area is 192 Å². The first-order valence-corrected chi connectivity index (χ1v) is 10.6. The number of nitrogens with two attached hydrogens (primary N) is 1. The molecule has 1 atom stereocenters. The number of aromatic nitrogens is 1. The van der Waals surface area contributed by atoms with E-state index in [0.29, 0.717) is 33.7 Å². The highest BCUT2D eigenvalue weighted by Gasteiger charge is 2.36. The summed E-state index contributed by atoms with van der Waals surface area (Å²) >= 11 is 0. The van der Waals surface area contributed by atoms with Crippen molar-refractivity contribution < 1.29 is 29.0 Å². The first-order chi connectivity index (χ1) is 15.6. The van der Waals surface area contributed by atoms with Crippen molar-refractivity contribution in [1.82, 2.24) is 9.88 Å². The number of pyridine rings is 1. The molecule has 0 bridgehead atoms. The summed E-state index contributed by atoms with van der Waals surface area (Å²) in [5, 5.41) is 9.57. The van der Waals surface area contributed by atoms with E-state index in [-0.39, 0.29) is 31.9 Å².